The minimum Gasteiger partial charge on any atom is -0.365 e. The molecule has 2 N–H and O–H groups in total. The summed E-state index contributed by atoms with van der Waals surface area (Å²) in [6.07, 6.45) is 0.895. The molecule has 0 saturated heterocycles. The molecule has 0 fully saturated rings. The average molecular weight is 445 g/mol. The Hall–Kier alpha value is -2.18. The number of nitrogens with one attached hydrogen (secondary N) is 2. The van der Waals surface area contributed by atoms with Gasteiger partial charge in [-0.3, -0.25) is 4.79 Å². The molecule has 1 aromatic carbocycles. The molecule has 160 valence electrons. The lowest BCUT2D eigenvalue weighted by atomic mass is 9.81. The highest BCUT2D eigenvalue weighted by atomic mass is 35.5. The second kappa shape index (κ2) is 8.52. The van der Waals surface area contributed by atoms with E-state index in [1.54, 1.807) is 11.3 Å². The number of hydrogen-bond acceptors (Lipinski definition) is 5. The number of rotatable bonds is 6. The number of benzene rings is 1. The molecule has 7 heteroatoms. The lowest BCUT2D eigenvalue weighted by Gasteiger charge is -2.33. The molecule has 1 amide bonds. The van der Waals surface area contributed by atoms with Crippen molar-refractivity contribution in [3.8, 4) is 0 Å². The van der Waals surface area contributed by atoms with Gasteiger partial charge in [0.15, 0.2) is 0 Å². The number of nitrogens with zero attached hydrogens (tertiary/aromatic N) is 2. The molecule has 0 bridgehead atoms. The zero-order valence-electron chi connectivity index (χ0n) is 18.4. The quantitative estimate of drug-likeness (QED) is 0.443. The molecular formula is C23H29ClN4OS. The van der Waals surface area contributed by atoms with Crippen LogP contribution in [0.15, 0.2) is 30.3 Å². The number of carbonyl (C=O) groups excluding carboxylic acids is 1. The van der Waals surface area contributed by atoms with E-state index in [1.165, 1.54) is 0 Å². The van der Waals surface area contributed by atoms with Gasteiger partial charge in [0, 0.05) is 22.5 Å². The van der Waals surface area contributed by atoms with Crippen molar-refractivity contribution < 1.29 is 4.79 Å². The Morgan fingerprint density at radius 3 is 2.40 bits per heavy atom. The number of fused-ring (bicyclic) bond motifs is 1. The van der Waals surface area contributed by atoms with Gasteiger partial charge in [-0.05, 0) is 68.0 Å². The van der Waals surface area contributed by atoms with E-state index in [4.69, 9.17) is 11.6 Å². The summed E-state index contributed by atoms with van der Waals surface area (Å²) in [6.45, 7) is 13.3. The normalized spacial score (nSPS) is 12.2. The van der Waals surface area contributed by atoms with Crippen molar-refractivity contribution in [2.45, 2.75) is 60.0 Å². The van der Waals surface area contributed by atoms with Crippen LogP contribution in [0.25, 0.3) is 10.2 Å². The SMILES string of the molecule is Cc1cc2c(NCc3ccc(C(=O)NC(C)(C)CC(C)(C)C)cc3)nc(Cl)nc2s1. The van der Waals surface area contributed by atoms with Crippen molar-refractivity contribution in [3.05, 3.63) is 51.6 Å². The number of amides is 1. The minimum absolute atomic E-state index is 0.0539. The van der Waals surface area contributed by atoms with Gasteiger partial charge in [-0.1, -0.05) is 32.9 Å². The molecule has 30 heavy (non-hydrogen) atoms. The summed E-state index contributed by atoms with van der Waals surface area (Å²) >= 11 is 7.66. The highest BCUT2D eigenvalue weighted by Crippen LogP contribution is 2.30. The van der Waals surface area contributed by atoms with Crippen molar-refractivity contribution in [2.24, 2.45) is 5.41 Å². The van der Waals surface area contributed by atoms with Crippen LogP contribution in [-0.4, -0.2) is 21.4 Å². The molecular weight excluding hydrogens is 416 g/mol. The Balaban J connectivity index is 1.66. The Morgan fingerprint density at radius 1 is 1.10 bits per heavy atom. The standard InChI is InChI=1S/C23H29ClN4OS/c1-14-11-17-18(26-21(24)27-20(17)30-14)25-12-15-7-9-16(10-8-15)19(29)28-23(5,6)13-22(2,3)4/h7-11H,12-13H2,1-6H3,(H,28,29)(H,25,26,27). The zero-order valence-corrected chi connectivity index (χ0v) is 20.0. The molecule has 0 atom stereocenters. The van der Waals surface area contributed by atoms with E-state index in [0.29, 0.717) is 12.1 Å². The van der Waals surface area contributed by atoms with Crippen molar-refractivity contribution >= 4 is 44.9 Å². The first-order chi connectivity index (χ1) is 13.9. The maximum absolute atomic E-state index is 12.7. The third kappa shape index (κ3) is 5.92. The molecule has 0 unspecified atom stereocenters. The van der Waals surface area contributed by atoms with Crippen molar-refractivity contribution in [3.63, 3.8) is 0 Å². The fourth-order valence-corrected chi connectivity index (χ4v) is 4.96. The molecule has 5 nitrogen and oxygen atoms in total. The first-order valence-electron chi connectivity index (χ1n) is 10.0. The van der Waals surface area contributed by atoms with Gasteiger partial charge in [-0.25, -0.2) is 9.97 Å². The molecule has 3 aromatic rings. The summed E-state index contributed by atoms with van der Waals surface area (Å²) in [4.78, 5) is 23.3. The maximum Gasteiger partial charge on any atom is 0.251 e. The summed E-state index contributed by atoms with van der Waals surface area (Å²) in [5.74, 6) is 0.668. The number of halogens is 1. The summed E-state index contributed by atoms with van der Waals surface area (Å²) in [5.41, 5.74) is 1.58. The van der Waals surface area contributed by atoms with Crippen LogP contribution < -0.4 is 10.6 Å². The molecule has 0 aliphatic heterocycles. The van der Waals surface area contributed by atoms with Crippen LogP contribution in [0, 0.1) is 12.3 Å². The number of anilines is 1. The van der Waals surface area contributed by atoms with E-state index < -0.39 is 0 Å². The zero-order chi connectivity index (χ0) is 22.1. The van der Waals surface area contributed by atoms with Gasteiger partial charge in [0.1, 0.15) is 10.6 Å². The molecule has 0 aliphatic carbocycles. The van der Waals surface area contributed by atoms with Crippen LogP contribution in [0.1, 0.15) is 61.8 Å². The molecule has 0 spiro atoms. The van der Waals surface area contributed by atoms with E-state index in [0.717, 1.165) is 32.9 Å². The molecule has 0 radical (unpaired) electrons. The Bertz CT molecular complexity index is 1050. The van der Waals surface area contributed by atoms with Crippen LogP contribution in [0.2, 0.25) is 5.28 Å². The Morgan fingerprint density at radius 2 is 1.77 bits per heavy atom. The van der Waals surface area contributed by atoms with Crippen LogP contribution >= 0.6 is 22.9 Å². The average Bonchev–Trinajstić information content (AvgIpc) is 2.97. The van der Waals surface area contributed by atoms with E-state index >= 15 is 0 Å². The van der Waals surface area contributed by atoms with Crippen molar-refractivity contribution in [1.82, 2.24) is 15.3 Å². The van der Waals surface area contributed by atoms with Crippen LogP contribution in [0.5, 0.6) is 0 Å². The van der Waals surface area contributed by atoms with Gasteiger partial charge in [0.2, 0.25) is 5.28 Å². The van der Waals surface area contributed by atoms with E-state index in [9.17, 15) is 4.79 Å². The third-order valence-corrected chi connectivity index (χ3v) is 5.70. The smallest absolute Gasteiger partial charge is 0.251 e. The second-order valence-electron chi connectivity index (χ2n) is 9.54. The Labute approximate surface area is 187 Å². The van der Waals surface area contributed by atoms with Gasteiger partial charge in [-0.2, -0.15) is 0 Å². The summed E-state index contributed by atoms with van der Waals surface area (Å²) in [6, 6.07) is 9.69. The number of carbonyl (C=O) groups is 1. The number of hydrogen-bond donors (Lipinski definition) is 2. The van der Waals surface area contributed by atoms with Gasteiger partial charge < -0.3 is 10.6 Å². The van der Waals surface area contributed by atoms with Crippen LogP contribution in [0.3, 0.4) is 0 Å². The van der Waals surface area contributed by atoms with E-state index in [1.807, 2.05) is 31.2 Å². The van der Waals surface area contributed by atoms with Crippen molar-refractivity contribution in [1.29, 1.82) is 0 Å². The second-order valence-corrected chi connectivity index (χ2v) is 11.1. The molecule has 2 heterocycles. The lowest BCUT2D eigenvalue weighted by Crippen LogP contribution is -2.45. The van der Waals surface area contributed by atoms with Crippen LogP contribution in [0.4, 0.5) is 5.82 Å². The first-order valence-corrected chi connectivity index (χ1v) is 11.2. The number of aromatic nitrogens is 2. The molecule has 0 saturated carbocycles. The predicted octanol–water partition coefficient (Wildman–Crippen LogP) is 6.21. The van der Waals surface area contributed by atoms with Gasteiger partial charge >= 0.3 is 0 Å². The highest BCUT2D eigenvalue weighted by Gasteiger charge is 2.27. The van der Waals surface area contributed by atoms with Gasteiger partial charge in [0.25, 0.3) is 5.91 Å². The van der Waals surface area contributed by atoms with Crippen LogP contribution in [-0.2, 0) is 6.54 Å². The van der Waals surface area contributed by atoms with Gasteiger partial charge in [-0.15, -0.1) is 11.3 Å². The lowest BCUT2D eigenvalue weighted by molar-refractivity contribution is 0.0891. The van der Waals surface area contributed by atoms with E-state index in [2.05, 4.69) is 61.3 Å². The summed E-state index contributed by atoms with van der Waals surface area (Å²) in [7, 11) is 0. The number of aryl methyl sites for hydroxylation is 1. The predicted molar refractivity (Wildman–Crippen MR) is 127 cm³/mol. The Kier molecular flexibility index (Phi) is 6.39. The van der Waals surface area contributed by atoms with E-state index in [-0.39, 0.29) is 22.1 Å². The topological polar surface area (TPSA) is 66.9 Å². The summed E-state index contributed by atoms with van der Waals surface area (Å²) in [5, 5.41) is 7.70. The fraction of sp³-hybridized carbons (Fsp3) is 0.435. The third-order valence-electron chi connectivity index (χ3n) is 4.59. The van der Waals surface area contributed by atoms with Gasteiger partial charge in [0.05, 0.1) is 5.39 Å². The maximum atomic E-state index is 12.7. The highest BCUT2D eigenvalue weighted by molar-refractivity contribution is 7.18. The molecule has 3 rings (SSSR count). The monoisotopic (exact) mass is 444 g/mol. The first kappa shape index (κ1) is 22.5. The molecule has 2 aromatic heterocycles. The molecule has 0 aliphatic rings. The number of thiophene rings is 1. The largest absolute Gasteiger partial charge is 0.365 e. The van der Waals surface area contributed by atoms with Crippen molar-refractivity contribution in [2.75, 3.05) is 5.32 Å². The fourth-order valence-electron chi connectivity index (χ4n) is 3.86. The summed E-state index contributed by atoms with van der Waals surface area (Å²) < 4.78 is 0. The minimum atomic E-state index is -0.272.